The molecule has 0 saturated carbocycles. The molecule has 3 heterocycles. The Morgan fingerprint density at radius 1 is 0.297 bits per heavy atom. The van der Waals surface area contributed by atoms with E-state index >= 15 is 0 Å². The Bertz CT molecular complexity index is 4170. The summed E-state index contributed by atoms with van der Waals surface area (Å²) in [5.41, 5.74) is 11.8. The number of rotatable bonds is 5. The first-order chi connectivity index (χ1) is 31.8. The van der Waals surface area contributed by atoms with E-state index in [1.54, 1.807) is 0 Å². The van der Waals surface area contributed by atoms with Gasteiger partial charge in [-0.3, -0.25) is 0 Å². The standard InChI is InChI=1S/C60H37N3O/c1-2-16-38(17-3-1)61-52-26-11-8-22-46(52)48-35-33-40(37-56(48)61)63-53-27-12-9-23-47(53)49-25-14-29-55(60(49)63)62(54-28-15-31-58-59(54)50-24-10-13-30-57(50)64-58)39-32-34-45-43-20-5-4-18-41(43)42-19-6-7-21-44(42)51(45)36-39/h1-37H. The average molecular weight is 816 g/mol. The molecule has 0 radical (unpaired) electrons. The van der Waals surface area contributed by atoms with Crippen LogP contribution in [0.4, 0.5) is 17.1 Å². The zero-order valence-electron chi connectivity index (χ0n) is 34.6. The van der Waals surface area contributed by atoms with E-state index in [1.165, 1.54) is 59.4 Å². The molecule has 64 heavy (non-hydrogen) atoms. The van der Waals surface area contributed by atoms with Gasteiger partial charge in [0.15, 0.2) is 0 Å². The number of aromatic nitrogens is 2. The Morgan fingerprint density at radius 3 is 1.56 bits per heavy atom. The van der Waals surface area contributed by atoms with Crippen molar-refractivity contribution in [3.05, 3.63) is 224 Å². The van der Waals surface area contributed by atoms with E-state index in [-0.39, 0.29) is 0 Å². The van der Waals surface area contributed by atoms with Crippen molar-refractivity contribution in [3.63, 3.8) is 0 Å². The van der Waals surface area contributed by atoms with Crippen molar-refractivity contribution in [2.24, 2.45) is 0 Å². The lowest BCUT2D eigenvalue weighted by atomic mass is 9.94. The molecule has 14 aromatic rings. The Hall–Kier alpha value is -8.60. The van der Waals surface area contributed by atoms with Gasteiger partial charge < -0.3 is 18.5 Å². The highest BCUT2D eigenvalue weighted by Crippen LogP contribution is 2.49. The molecule has 0 saturated heterocycles. The zero-order chi connectivity index (χ0) is 41.9. The van der Waals surface area contributed by atoms with Gasteiger partial charge in [0.2, 0.25) is 0 Å². The first-order valence-electron chi connectivity index (χ1n) is 21.9. The summed E-state index contributed by atoms with van der Waals surface area (Å²) in [5.74, 6) is 0. The summed E-state index contributed by atoms with van der Waals surface area (Å²) in [5, 5.41) is 14.5. The van der Waals surface area contributed by atoms with Crippen LogP contribution in [0.15, 0.2) is 229 Å². The van der Waals surface area contributed by atoms with Crippen molar-refractivity contribution in [3.8, 4) is 11.4 Å². The van der Waals surface area contributed by atoms with Crippen LogP contribution >= 0.6 is 0 Å². The van der Waals surface area contributed by atoms with Crippen molar-refractivity contribution in [2.45, 2.75) is 0 Å². The molecular formula is C60H37N3O. The van der Waals surface area contributed by atoms with Crippen LogP contribution in [0.2, 0.25) is 0 Å². The second-order valence-corrected chi connectivity index (χ2v) is 16.8. The van der Waals surface area contributed by atoms with Crippen molar-refractivity contribution < 1.29 is 4.42 Å². The summed E-state index contributed by atoms with van der Waals surface area (Å²) >= 11 is 0. The molecule has 4 heteroatoms. The summed E-state index contributed by atoms with van der Waals surface area (Å²) < 4.78 is 11.5. The quantitative estimate of drug-likeness (QED) is 0.162. The molecule has 0 atom stereocenters. The molecule has 0 N–H and O–H groups in total. The normalized spacial score (nSPS) is 12.1. The zero-order valence-corrected chi connectivity index (χ0v) is 34.6. The molecule has 0 unspecified atom stereocenters. The van der Waals surface area contributed by atoms with Gasteiger partial charge in [0.25, 0.3) is 0 Å². The van der Waals surface area contributed by atoms with E-state index in [0.29, 0.717) is 0 Å². The number of fused-ring (bicyclic) bond motifs is 15. The van der Waals surface area contributed by atoms with Crippen LogP contribution in [0.25, 0.3) is 109 Å². The maximum absolute atomic E-state index is 6.60. The molecular weight excluding hydrogens is 779 g/mol. The predicted molar refractivity (Wildman–Crippen MR) is 270 cm³/mol. The van der Waals surface area contributed by atoms with E-state index < -0.39 is 0 Å². The number of furan rings is 1. The third-order valence-corrected chi connectivity index (χ3v) is 13.5. The average Bonchev–Trinajstić information content (AvgIpc) is 4.03. The maximum atomic E-state index is 6.60. The minimum atomic E-state index is 0.854. The van der Waals surface area contributed by atoms with Gasteiger partial charge in [-0.25, -0.2) is 0 Å². The molecule has 0 aliphatic heterocycles. The largest absolute Gasteiger partial charge is 0.456 e. The number of anilines is 3. The maximum Gasteiger partial charge on any atom is 0.137 e. The van der Waals surface area contributed by atoms with Crippen molar-refractivity contribution in [1.82, 2.24) is 9.13 Å². The number of para-hydroxylation sites is 5. The van der Waals surface area contributed by atoms with E-state index in [9.17, 15) is 0 Å². The van der Waals surface area contributed by atoms with Gasteiger partial charge in [-0.1, -0.05) is 152 Å². The minimum absolute atomic E-state index is 0.854. The van der Waals surface area contributed by atoms with Crippen LogP contribution in [0.1, 0.15) is 0 Å². The number of hydrogen-bond acceptors (Lipinski definition) is 2. The lowest BCUT2D eigenvalue weighted by Crippen LogP contribution is -2.12. The first-order valence-corrected chi connectivity index (χ1v) is 21.9. The minimum Gasteiger partial charge on any atom is -0.456 e. The van der Waals surface area contributed by atoms with Gasteiger partial charge in [-0.2, -0.15) is 0 Å². The molecule has 4 nitrogen and oxygen atoms in total. The Labute approximate surface area is 367 Å². The second-order valence-electron chi connectivity index (χ2n) is 16.8. The van der Waals surface area contributed by atoms with Crippen LogP contribution in [0, 0.1) is 0 Å². The molecule has 0 fully saturated rings. The number of benzene rings is 11. The molecule has 0 aliphatic rings. The fourth-order valence-electron chi connectivity index (χ4n) is 10.8. The Balaban J connectivity index is 1.11. The highest BCUT2D eigenvalue weighted by Gasteiger charge is 2.25. The molecule has 14 rings (SSSR count). The van der Waals surface area contributed by atoms with Crippen molar-refractivity contribution in [1.29, 1.82) is 0 Å². The van der Waals surface area contributed by atoms with Crippen molar-refractivity contribution >= 4 is 115 Å². The SMILES string of the molecule is c1ccc(-n2c3ccccc3c3ccc(-n4c5ccccc5c5cccc(N(c6ccc7c8ccccc8c8ccccc8c7c6)c6cccc7oc8ccccc8c67)c54)cc32)cc1. The Kier molecular flexibility index (Phi) is 7.36. The highest BCUT2D eigenvalue weighted by atomic mass is 16.3. The fraction of sp³-hybridized carbons (Fsp3) is 0. The second kappa shape index (κ2) is 13.4. The number of hydrogen-bond donors (Lipinski definition) is 0. The third kappa shape index (κ3) is 4.93. The van der Waals surface area contributed by atoms with Crippen molar-refractivity contribution in [2.75, 3.05) is 4.90 Å². The van der Waals surface area contributed by atoms with Gasteiger partial charge in [0.1, 0.15) is 11.2 Å². The van der Waals surface area contributed by atoms with E-state index in [2.05, 4.69) is 232 Å². The summed E-state index contributed by atoms with van der Waals surface area (Å²) in [6.07, 6.45) is 0. The molecule has 0 amide bonds. The van der Waals surface area contributed by atoms with Gasteiger partial charge in [-0.15, -0.1) is 0 Å². The molecule has 0 spiro atoms. The lowest BCUT2D eigenvalue weighted by molar-refractivity contribution is 0.669. The van der Waals surface area contributed by atoms with Gasteiger partial charge in [-0.05, 0) is 105 Å². The van der Waals surface area contributed by atoms with E-state index in [0.717, 1.165) is 66.9 Å². The summed E-state index contributed by atoms with van der Waals surface area (Å²) in [7, 11) is 0. The van der Waals surface area contributed by atoms with Crippen LogP contribution in [-0.2, 0) is 0 Å². The van der Waals surface area contributed by atoms with Gasteiger partial charge in [0.05, 0.1) is 38.8 Å². The summed E-state index contributed by atoms with van der Waals surface area (Å²) in [4.78, 5) is 2.48. The number of nitrogens with zero attached hydrogens (tertiary/aromatic N) is 3. The topological polar surface area (TPSA) is 26.2 Å². The highest BCUT2D eigenvalue weighted by molar-refractivity contribution is 6.26. The summed E-state index contributed by atoms with van der Waals surface area (Å²) in [6, 6.07) is 81.6. The molecule has 3 aromatic heterocycles. The van der Waals surface area contributed by atoms with Crippen LogP contribution in [-0.4, -0.2) is 9.13 Å². The molecule has 0 bridgehead atoms. The van der Waals surface area contributed by atoms with Gasteiger partial charge >= 0.3 is 0 Å². The molecule has 0 aliphatic carbocycles. The van der Waals surface area contributed by atoms with Crippen LogP contribution in [0.3, 0.4) is 0 Å². The third-order valence-electron chi connectivity index (χ3n) is 13.5. The van der Waals surface area contributed by atoms with E-state index in [1.807, 2.05) is 6.07 Å². The first kappa shape index (κ1) is 35.0. The summed E-state index contributed by atoms with van der Waals surface area (Å²) in [6.45, 7) is 0. The Morgan fingerprint density at radius 2 is 0.812 bits per heavy atom. The smallest absolute Gasteiger partial charge is 0.137 e. The van der Waals surface area contributed by atoms with Crippen LogP contribution < -0.4 is 4.90 Å². The molecule has 298 valence electrons. The van der Waals surface area contributed by atoms with E-state index in [4.69, 9.17) is 4.42 Å². The predicted octanol–water partition coefficient (Wildman–Crippen LogP) is 16.7. The molecule has 11 aromatic carbocycles. The van der Waals surface area contributed by atoms with Crippen LogP contribution in [0.5, 0.6) is 0 Å². The lowest BCUT2D eigenvalue weighted by Gasteiger charge is -2.28. The monoisotopic (exact) mass is 815 g/mol. The van der Waals surface area contributed by atoms with Gasteiger partial charge in [0, 0.05) is 44.0 Å². The fourth-order valence-corrected chi connectivity index (χ4v) is 10.8.